The highest BCUT2D eigenvalue weighted by atomic mass is 32.1. The molecule has 1 aliphatic carbocycles. The highest BCUT2D eigenvalue weighted by Crippen LogP contribution is 2.29. The van der Waals surface area contributed by atoms with Crippen molar-refractivity contribution < 1.29 is 19.1 Å². The second-order valence-electron chi connectivity index (χ2n) is 6.44. The van der Waals surface area contributed by atoms with Gasteiger partial charge in [0.1, 0.15) is 6.54 Å². The third-order valence-corrected chi connectivity index (χ3v) is 5.37. The van der Waals surface area contributed by atoms with Crippen LogP contribution in [0.5, 0.6) is 0 Å². The number of rotatable bonds is 6. The highest BCUT2D eigenvalue weighted by Gasteiger charge is 2.25. The highest BCUT2D eigenvalue weighted by molar-refractivity contribution is 7.12. The Balaban J connectivity index is 1.48. The zero-order chi connectivity index (χ0) is 19.2. The summed E-state index contributed by atoms with van der Waals surface area (Å²) in [6, 6.07) is 11.4. The summed E-state index contributed by atoms with van der Waals surface area (Å²) >= 11 is 1.29. The van der Waals surface area contributed by atoms with Gasteiger partial charge in [-0.25, -0.2) is 0 Å². The van der Waals surface area contributed by atoms with E-state index in [-0.39, 0.29) is 24.4 Å². The molecule has 2 atom stereocenters. The van der Waals surface area contributed by atoms with Gasteiger partial charge < -0.3 is 15.4 Å². The Hall–Kier alpha value is -2.67. The molecule has 1 aromatic heterocycles. The predicted octanol–water partition coefficient (Wildman–Crippen LogP) is 2.60. The van der Waals surface area contributed by atoms with E-state index in [4.69, 9.17) is 4.74 Å². The molecule has 6 nitrogen and oxygen atoms in total. The number of hydrogen-bond donors (Lipinski definition) is 2. The van der Waals surface area contributed by atoms with Crippen molar-refractivity contribution in [3.63, 3.8) is 0 Å². The zero-order valence-corrected chi connectivity index (χ0v) is 15.9. The zero-order valence-electron chi connectivity index (χ0n) is 15.1. The Labute approximate surface area is 161 Å². The molecule has 0 bridgehead atoms. The standard InChI is InChI=1S/C20H22N2O4S/c1-13(26-18(23)12-21-20(25)17-10-5-11-27-17)19(24)22-16-9-4-7-14-6-2-3-8-15(14)16/h2-3,5-6,8,10-11,13,16H,4,7,9,12H2,1H3,(H,21,25)(H,22,24)/t13-,16-/m1/s1. The summed E-state index contributed by atoms with van der Waals surface area (Å²) in [5, 5.41) is 7.24. The molecule has 0 aliphatic heterocycles. The molecular weight excluding hydrogens is 364 g/mol. The van der Waals surface area contributed by atoms with Crippen molar-refractivity contribution in [2.45, 2.75) is 38.3 Å². The molecule has 7 heteroatoms. The molecular formula is C20H22N2O4S. The van der Waals surface area contributed by atoms with E-state index >= 15 is 0 Å². The number of carbonyl (C=O) groups excluding carboxylic acids is 3. The van der Waals surface area contributed by atoms with Crippen LogP contribution in [0.15, 0.2) is 41.8 Å². The van der Waals surface area contributed by atoms with Gasteiger partial charge in [-0.15, -0.1) is 11.3 Å². The normalized spacial score (nSPS) is 16.7. The van der Waals surface area contributed by atoms with E-state index in [1.165, 1.54) is 23.8 Å². The van der Waals surface area contributed by atoms with Crippen molar-refractivity contribution in [1.29, 1.82) is 0 Å². The van der Waals surface area contributed by atoms with Gasteiger partial charge in [-0.3, -0.25) is 14.4 Å². The fourth-order valence-corrected chi connectivity index (χ4v) is 3.77. The predicted molar refractivity (Wildman–Crippen MR) is 102 cm³/mol. The maximum absolute atomic E-state index is 12.4. The average Bonchev–Trinajstić information content (AvgIpc) is 3.21. The summed E-state index contributed by atoms with van der Waals surface area (Å²) in [7, 11) is 0. The number of benzene rings is 1. The van der Waals surface area contributed by atoms with Crippen LogP contribution in [0.2, 0.25) is 0 Å². The number of nitrogens with one attached hydrogen (secondary N) is 2. The van der Waals surface area contributed by atoms with Crippen LogP contribution < -0.4 is 10.6 Å². The average molecular weight is 386 g/mol. The minimum atomic E-state index is -0.926. The van der Waals surface area contributed by atoms with Crippen molar-refractivity contribution in [2.24, 2.45) is 0 Å². The third-order valence-electron chi connectivity index (χ3n) is 4.50. The van der Waals surface area contributed by atoms with Gasteiger partial charge in [0, 0.05) is 0 Å². The second kappa shape index (κ2) is 8.81. The monoisotopic (exact) mass is 386 g/mol. The Bertz CT molecular complexity index is 819. The molecule has 0 radical (unpaired) electrons. The molecule has 27 heavy (non-hydrogen) atoms. The number of aryl methyl sites for hydroxylation is 1. The fourth-order valence-electron chi connectivity index (χ4n) is 3.13. The topological polar surface area (TPSA) is 84.5 Å². The third kappa shape index (κ3) is 4.95. The SMILES string of the molecule is C[C@@H](OC(=O)CNC(=O)c1cccs1)C(=O)N[C@@H]1CCCc2ccccc21. The maximum Gasteiger partial charge on any atom is 0.326 e. The van der Waals surface area contributed by atoms with E-state index in [1.807, 2.05) is 18.2 Å². The summed E-state index contributed by atoms with van der Waals surface area (Å²) in [6.07, 6.45) is 1.95. The van der Waals surface area contributed by atoms with Crippen LogP contribution in [0.3, 0.4) is 0 Å². The van der Waals surface area contributed by atoms with Crippen molar-refractivity contribution in [2.75, 3.05) is 6.54 Å². The Kier molecular flexibility index (Phi) is 6.24. The van der Waals surface area contributed by atoms with Crippen LogP contribution in [0, 0.1) is 0 Å². The number of amides is 2. The Morgan fingerprint density at radius 1 is 1.22 bits per heavy atom. The molecule has 0 spiro atoms. The molecule has 1 heterocycles. The van der Waals surface area contributed by atoms with Gasteiger partial charge in [0.05, 0.1) is 10.9 Å². The van der Waals surface area contributed by atoms with Crippen LogP contribution >= 0.6 is 11.3 Å². The van der Waals surface area contributed by atoms with Gasteiger partial charge in [-0.2, -0.15) is 0 Å². The summed E-state index contributed by atoms with van der Waals surface area (Å²) in [6.45, 7) is 1.25. The number of ether oxygens (including phenoxy) is 1. The Morgan fingerprint density at radius 3 is 2.81 bits per heavy atom. The largest absolute Gasteiger partial charge is 0.451 e. The van der Waals surface area contributed by atoms with Gasteiger partial charge in [0.15, 0.2) is 6.10 Å². The van der Waals surface area contributed by atoms with Gasteiger partial charge in [-0.05, 0) is 48.8 Å². The quantitative estimate of drug-likeness (QED) is 0.748. The first kappa shape index (κ1) is 19.1. The van der Waals surface area contributed by atoms with Crippen molar-refractivity contribution >= 4 is 29.1 Å². The van der Waals surface area contributed by atoms with Crippen molar-refractivity contribution in [1.82, 2.24) is 10.6 Å². The van der Waals surface area contributed by atoms with E-state index in [9.17, 15) is 14.4 Å². The molecule has 0 saturated carbocycles. The lowest BCUT2D eigenvalue weighted by Crippen LogP contribution is -2.40. The van der Waals surface area contributed by atoms with E-state index in [0.29, 0.717) is 4.88 Å². The number of thiophene rings is 1. The van der Waals surface area contributed by atoms with Crippen LogP contribution in [0.25, 0.3) is 0 Å². The van der Waals surface area contributed by atoms with E-state index in [0.717, 1.165) is 24.8 Å². The fraction of sp³-hybridized carbons (Fsp3) is 0.350. The van der Waals surface area contributed by atoms with Gasteiger partial charge >= 0.3 is 5.97 Å². The summed E-state index contributed by atoms with van der Waals surface area (Å²) < 4.78 is 5.15. The molecule has 1 aliphatic rings. The minimum Gasteiger partial charge on any atom is -0.451 e. The number of hydrogen-bond acceptors (Lipinski definition) is 5. The molecule has 142 valence electrons. The lowest BCUT2D eigenvalue weighted by molar-refractivity contribution is -0.154. The van der Waals surface area contributed by atoms with E-state index in [2.05, 4.69) is 16.7 Å². The summed E-state index contributed by atoms with van der Waals surface area (Å²) in [4.78, 5) is 36.7. The lowest BCUT2D eigenvalue weighted by Gasteiger charge is -2.27. The molecule has 0 saturated heterocycles. The Morgan fingerprint density at radius 2 is 2.04 bits per heavy atom. The van der Waals surface area contributed by atoms with Gasteiger partial charge in [-0.1, -0.05) is 30.3 Å². The van der Waals surface area contributed by atoms with Crippen LogP contribution in [-0.4, -0.2) is 30.4 Å². The van der Waals surface area contributed by atoms with Crippen molar-refractivity contribution in [3.8, 4) is 0 Å². The van der Waals surface area contributed by atoms with Gasteiger partial charge in [0.25, 0.3) is 11.8 Å². The first-order valence-electron chi connectivity index (χ1n) is 8.94. The number of fused-ring (bicyclic) bond motifs is 1. The van der Waals surface area contributed by atoms with Crippen LogP contribution in [0.4, 0.5) is 0 Å². The van der Waals surface area contributed by atoms with E-state index < -0.39 is 12.1 Å². The molecule has 0 unspecified atom stereocenters. The molecule has 2 N–H and O–H groups in total. The molecule has 0 fully saturated rings. The van der Waals surface area contributed by atoms with Crippen LogP contribution in [0.1, 0.15) is 46.6 Å². The van der Waals surface area contributed by atoms with Gasteiger partial charge in [0.2, 0.25) is 0 Å². The second-order valence-corrected chi connectivity index (χ2v) is 7.39. The van der Waals surface area contributed by atoms with Crippen LogP contribution in [-0.2, 0) is 20.7 Å². The minimum absolute atomic E-state index is 0.0675. The smallest absolute Gasteiger partial charge is 0.326 e. The number of esters is 1. The first-order valence-corrected chi connectivity index (χ1v) is 9.82. The molecule has 1 aromatic carbocycles. The molecule has 2 aromatic rings. The lowest BCUT2D eigenvalue weighted by atomic mass is 9.87. The molecule has 2 amide bonds. The maximum atomic E-state index is 12.4. The first-order chi connectivity index (χ1) is 13.0. The van der Waals surface area contributed by atoms with E-state index in [1.54, 1.807) is 17.5 Å². The molecule has 3 rings (SSSR count). The summed E-state index contributed by atoms with van der Waals surface area (Å²) in [5.41, 5.74) is 2.37. The number of carbonyl (C=O) groups is 3. The van der Waals surface area contributed by atoms with Crippen molar-refractivity contribution in [3.05, 3.63) is 57.8 Å². The summed E-state index contributed by atoms with van der Waals surface area (Å²) in [5.74, 6) is -1.32.